The van der Waals surface area contributed by atoms with E-state index in [-0.39, 0.29) is 11.2 Å². The van der Waals surface area contributed by atoms with Crippen LogP contribution in [-0.4, -0.2) is 10.9 Å². The standard InChI is InChI=1S/C16H16ClNO2S/c1-5-13(19)12-9-11(20-18-12)7-6-10-8-14(16(2,3)4)21-15(10)17/h8-9H,5H2,1-4H3. The summed E-state index contributed by atoms with van der Waals surface area (Å²) in [6, 6.07) is 3.55. The summed E-state index contributed by atoms with van der Waals surface area (Å²) in [7, 11) is 0. The topological polar surface area (TPSA) is 43.1 Å². The van der Waals surface area contributed by atoms with Gasteiger partial charge in [-0.25, -0.2) is 0 Å². The van der Waals surface area contributed by atoms with Crippen LogP contribution in [0.2, 0.25) is 4.34 Å². The molecular formula is C16H16ClNO2S. The van der Waals surface area contributed by atoms with Crippen molar-refractivity contribution in [2.45, 2.75) is 39.5 Å². The van der Waals surface area contributed by atoms with Gasteiger partial charge >= 0.3 is 0 Å². The van der Waals surface area contributed by atoms with Crippen molar-refractivity contribution in [3.05, 3.63) is 38.4 Å². The highest BCUT2D eigenvalue weighted by Crippen LogP contribution is 2.35. The summed E-state index contributed by atoms with van der Waals surface area (Å²) in [5.74, 6) is 6.14. The third-order valence-electron chi connectivity index (χ3n) is 2.86. The van der Waals surface area contributed by atoms with Crippen LogP contribution < -0.4 is 0 Å². The molecule has 21 heavy (non-hydrogen) atoms. The Hall–Kier alpha value is -1.57. The van der Waals surface area contributed by atoms with Crippen molar-refractivity contribution < 1.29 is 9.32 Å². The van der Waals surface area contributed by atoms with Gasteiger partial charge in [-0.05, 0) is 17.4 Å². The van der Waals surface area contributed by atoms with Crippen molar-refractivity contribution in [3.8, 4) is 11.8 Å². The van der Waals surface area contributed by atoms with Crippen LogP contribution in [-0.2, 0) is 5.41 Å². The van der Waals surface area contributed by atoms with Gasteiger partial charge in [0.05, 0.1) is 5.56 Å². The van der Waals surface area contributed by atoms with E-state index in [1.54, 1.807) is 13.0 Å². The molecule has 0 saturated heterocycles. The fraction of sp³-hybridized carbons (Fsp3) is 0.375. The number of aromatic nitrogens is 1. The van der Waals surface area contributed by atoms with E-state index in [2.05, 4.69) is 37.8 Å². The van der Waals surface area contributed by atoms with Gasteiger partial charge in [0.15, 0.2) is 11.5 Å². The molecule has 0 fully saturated rings. The van der Waals surface area contributed by atoms with Crippen LogP contribution >= 0.6 is 22.9 Å². The molecule has 2 heterocycles. The highest BCUT2D eigenvalue weighted by atomic mass is 35.5. The largest absolute Gasteiger partial charge is 0.347 e. The van der Waals surface area contributed by atoms with Crippen molar-refractivity contribution in [2.24, 2.45) is 0 Å². The molecule has 0 aliphatic carbocycles. The molecule has 0 amide bonds. The minimum Gasteiger partial charge on any atom is -0.347 e. The van der Waals surface area contributed by atoms with Gasteiger partial charge in [0, 0.05) is 17.4 Å². The van der Waals surface area contributed by atoms with Gasteiger partial charge in [0.1, 0.15) is 4.34 Å². The number of hydrogen-bond donors (Lipinski definition) is 0. The number of hydrogen-bond acceptors (Lipinski definition) is 4. The van der Waals surface area contributed by atoms with Gasteiger partial charge in [0.2, 0.25) is 5.76 Å². The van der Waals surface area contributed by atoms with E-state index in [0.717, 1.165) is 5.56 Å². The Kier molecular flexibility index (Phi) is 4.55. The van der Waals surface area contributed by atoms with Crippen LogP contribution in [0.15, 0.2) is 16.7 Å². The van der Waals surface area contributed by atoms with Gasteiger partial charge in [-0.15, -0.1) is 11.3 Å². The molecule has 0 saturated carbocycles. The van der Waals surface area contributed by atoms with Crippen molar-refractivity contribution in [3.63, 3.8) is 0 Å². The molecule has 0 bridgehead atoms. The van der Waals surface area contributed by atoms with E-state index in [1.807, 2.05) is 6.07 Å². The normalized spacial score (nSPS) is 11.1. The third-order valence-corrected chi connectivity index (χ3v) is 4.65. The lowest BCUT2D eigenvalue weighted by atomic mass is 9.94. The molecule has 0 unspecified atom stereocenters. The number of thiophene rings is 1. The Bertz CT molecular complexity index is 726. The van der Waals surface area contributed by atoms with E-state index in [4.69, 9.17) is 16.1 Å². The quantitative estimate of drug-likeness (QED) is 0.596. The van der Waals surface area contributed by atoms with E-state index >= 15 is 0 Å². The summed E-state index contributed by atoms with van der Waals surface area (Å²) in [6.45, 7) is 8.17. The van der Waals surface area contributed by atoms with Crippen molar-refractivity contribution in [2.75, 3.05) is 0 Å². The Labute approximate surface area is 133 Å². The Morgan fingerprint density at radius 3 is 2.67 bits per heavy atom. The molecule has 110 valence electrons. The lowest BCUT2D eigenvalue weighted by Gasteiger charge is -2.14. The van der Waals surface area contributed by atoms with E-state index < -0.39 is 0 Å². The van der Waals surface area contributed by atoms with Crippen LogP contribution in [0, 0.1) is 11.8 Å². The molecule has 0 aliphatic rings. The molecule has 5 heteroatoms. The number of Topliss-reactive ketones (excluding diaryl/α,β-unsaturated/α-hetero) is 1. The van der Waals surface area contributed by atoms with Gasteiger partial charge in [-0.1, -0.05) is 50.4 Å². The maximum Gasteiger partial charge on any atom is 0.210 e. The molecule has 0 spiro atoms. The first-order valence-corrected chi connectivity index (χ1v) is 7.82. The van der Waals surface area contributed by atoms with Crippen LogP contribution in [0.4, 0.5) is 0 Å². The predicted octanol–water partition coefficient (Wildman–Crippen LogP) is 4.68. The van der Waals surface area contributed by atoms with Crippen molar-refractivity contribution in [1.82, 2.24) is 5.16 Å². The Morgan fingerprint density at radius 2 is 2.10 bits per heavy atom. The maximum absolute atomic E-state index is 11.5. The zero-order chi connectivity index (χ0) is 15.6. The van der Waals surface area contributed by atoms with E-state index in [9.17, 15) is 4.79 Å². The van der Waals surface area contributed by atoms with Crippen LogP contribution in [0.1, 0.15) is 60.8 Å². The van der Waals surface area contributed by atoms with Gasteiger partial charge in [-0.3, -0.25) is 4.79 Å². The summed E-state index contributed by atoms with van der Waals surface area (Å²) < 4.78 is 5.70. The van der Waals surface area contributed by atoms with Crippen LogP contribution in [0.5, 0.6) is 0 Å². The second-order valence-electron chi connectivity index (χ2n) is 5.65. The highest BCUT2D eigenvalue weighted by Gasteiger charge is 2.18. The Balaban J connectivity index is 2.25. The average Bonchev–Trinajstić information content (AvgIpc) is 3.01. The van der Waals surface area contributed by atoms with E-state index in [1.165, 1.54) is 16.2 Å². The van der Waals surface area contributed by atoms with Crippen molar-refractivity contribution in [1.29, 1.82) is 0 Å². The lowest BCUT2D eigenvalue weighted by Crippen LogP contribution is -2.07. The summed E-state index contributed by atoms with van der Waals surface area (Å²) in [6.07, 6.45) is 0.394. The van der Waals surface area contributed by atoms with E-state index in [0.29, 0.717) is 22.2 Å². The first-order chi connectivity index (χ1) is 9.81. The molecule has 0 radical (unpaired) electrons. The van der Waals surface area contributed by atoms with Crippen molar-refractivity contribution >= 4 is 28.7 Å². The predicted molar refractivity (Wildman–Crippen MR) is 85.1 cm³/mol. The first kappa shape index (κ1) is 15.8. The SMILES string of the molecule is CCC(=O)c1cc(C#Cc2cc(C(C)(C)C)sc2Cl)on1. The average molecular weight is 322 g/mol. The van der Waals surface area contributed by atoms with Gasteiger partial charge in [-0.2, -0.15) is 0 Å². The molecule has 3 nitrogen and oxygen atoms in total. The van der Waals surface area contributed by atoms with Crippen LogP contribution in [0.3, 0.4) is 0 Å². The second kappa shape index (κ2) is 6.05. The molecule has 2 aromatic rings. The number of rotatable bonds is 2. The molecule has 0 aliphatic heterocycles. The number of ketones is 1. The molecule has 0 aromatic carbocycles. The third kappa shape index (κ3) is 3.75. The number of carbonyl (C=O) groups is 1. The number of nitrogens with zero attached hydrogens (tertiary/aromatic N) is 1. The van der Waals surface area contributed by atoms with Crippen LogP contribution in [0.25, 0.3) is 0 Å². The second-order valence-corrected chi connectivity index (χ2v) is 7.31. The minimum absolute atomic E-state index is 0.0428. The maximum atomic E-state index is 11.5. The number of carbonyl (C=O) groups excluding carboxylic acids is 1. The monoisotopic (exact) mass is 321 g/mol. The fourth-order valence-corrected chi connectivity index (χ4v) is 2.85. The zero-order valence-electron chi connectivity index (χ0n) is 12.4. The molecule has 0 N–H and O–H groups in total. The smallest absolute Gasteiger partial charge is 0.210 e. The molecule has 0 atom stereocenters. The lowest BCUT2D eigenvalue weighted by molar-refractivity contribution is 0.0979. The van der Waals surface area contributed by atoms with Gasteiger partial charge < -0.3 is 4.52 Å². The summed E-state index contributed by atoms with van der Waals surface area (Å²) in [5.41, 5.74) is 1.13. The summed E-state index contributed by atoms with van der Waals surface area (Å²) in [4.78, 5) is 12.7. The molecular weight excluding hydrogens is 306 g/mol. The highest BCUT2D eigenvalue weighted by molar-refractivity contribution is 7.16. The summed E-state index contributed by atoms with van der Waals surface area (Å²) in [5, 5.41) is 3.71. The number of halogens is 1. The fourth-order valence-electron chi connectivity index (χ4n) is 1.60. The molecule has 2 rings (SSSR count). The minimum atomic E-state index is -0.0598. The summed E-state index contributed by atoms with van der Waals surface area (Å²) >= 11 is 7.74. The molecule has 2 aromatic heterocycles. The first-order valence-electron chi connectivity index (χ1n) is 6.63. The zero-order valence-corrected chi connectivity index (χ0v) is 14.0. The Morgan fingerprint density at radius 1 is 1.38 bits per heavy atom. The van der Waals surface area contributed by atoms with Gasteiger partial charge in [0.25, 0.3) is 0 Å².